The molecule has 0 atom stereocenters. The zero-order valence-electron chi connectivity index (χ0n) is 12.1. The number of halogens is 3. The first-order valence-corrected chi connectivity index (χ1v) is 6.43. The van der Waals surface area contributed by atoms with Crippen molar-refractivity contribution >= 4 is 11.2 Å². The van der Waals surface area contributed by atoms with Crippen molar-refractivity contribution in [2.75, 3.05) is 14.2 Å². The van der Waals surface area contributed by atoms with Crippen LogP contribution in [0.15, 0.2) is 30.7 Å². The molecule has 0 unspecified atom stereocenters. The van der Waals surface area contributed by atoms with Crippen LogP contribution in [0.3, 0.4) is 0 Å². The highest BCUT2D eigenvalue weighted by Crippen LogP contribution is 2.31. The number of methoxy groups -OCH3 is 2. The van der Waals surface area contributed by atoms with E-state index in [1.807, 2.05) is 0 Å². The fraction of sp³-hybridized carbons (Fsp3) is 0.214. The summed E-state index contributed by atoms with van der Waals surface area (Å²) in [5, 5.41) is 0. The number of alkyl halides is 3. The van der Waals surface area contributed by atoms with Gasteiger partial charge in [0.25, 0.3) is 0 Å². The van der Waals surface area contributed by atoms with Crippen LogP contribution in [0.1, 0.15) is 5.82 Å². The molecule has 0 aliphatic rings. The van der Waals surface area contributed by atoms with Crippen LogP contribution in [0.25, 0.3) is 16.9 Å². The predicted octanol–water partition coefficient (Wildman–Crippen LogP) is 2.85. The second-order valence-electron chi connectivity index (χ2n) is 4.55. The summed E-state index contributed by atoms with van der Waals surface area (Å²) < 4.78 is 50.2. The summed E-state index contributed by atoms with van der Waals surface area (Å²) >= 11 is 0. The average Bonchev–Trinajstić information content (AvgIpc) is 2.96. The number of hydrogen-bond acceptors (Lipinski definition) is 5. The third-order valence-electron chi connectivity index (χ3n) is 3.19. The number of aromatic nitrogens is 4. The first kappa shape index (κ1) is 15.1. The van der Waals surface area contributed by atoms with Gasteiger partial charge in [-0.3, -0.25) is 4.57 Å². The van der Waals surface area contributed by atoms with Gasteiger partial charge in [0.05, 0.1) is 26.1 Å². The Labute approximate surface area is 128 Å². The lowest BCUT2D eigenvalue weighted by atomic mass is 10.2. The molecule has 0 spiro atoms. The largest absolute Gasteiger partial charge is 0.497 e. The third-order valence-corrected chi connectivity index (χ3v) is 3.19. The number of fused-ring (bicyclic) bond motifs is 1. The van der Waals surface area contributed by atoms with Gasteiger partial charge in [0.1, 0.15) is 23.3 Å². The lowest BCUT2D eigenvalue weighted by Gasteiger charge is -2.11. The minimum absolute atomic E-state index is 0.0378. The summed E-state index contributed by atoms with van der Waals surface area (Å²) in [7, 11) is 2.96. The molecule has 0 fully saturated rings. The maximum absolute atomic E-state index is 12.8. The summed E-state index contributed by atoms with van der Waals surface area (Å²) in [4.78, 5) is 10.9. The van der Waals surface area contributed by atoms with Gasteiger partial charge in [-0.25, -0.2) is 15.0 Å². The lowest BCUT2D eigenvalue weighted by molar-refractivity contribution is -0.144. The average molecular weight is 324 g/mol. The van der Waals surface area contributed by atoms with Crippen molar-refractivity contribution in [3.63, 3.8) is 0 Å². The summed E-state index contributed by atoms with van der Waals surface area (Å²) in [6, 6.07) is 4.93. The topological polar surface area (TPSA) is 62.1 Å². The van der Waals surface area contributed by atoms with E-state index in [0.717, 1.165) is 6.20 Å². The van der Waals surface area contributed by atoms with Crippen LogP contribution in [0.4, 0.5) is 13.2 Å². The molecule has 9 heteroatoms. The van der Waals surface area contributed by atoms with E-state index in [0.29, 0.717) is 17.2 Å². The third kappa shape index (κ3) is 2.65. The Kier molecular flexibility index (Phi) is 3.55. The molecule has 2 aromatic heterocycles. The van der Waals surface area contributed by atoms with E-state index in [2.05, 4.69) is 15.0 Å². The van der Waals surface area contributed by atoms with E-state index in [1.165, 1.54) is 25.1 Å². The normalized spacial score (nSPS) is 11.7. The van der Waals surface area contributed by atoms with Gasteiger partial charge >= 0.3 is 6.18 Å². The smallest absolute Gasteiger partial charge is 0.451 e. The molecule has 0 aliphatic heterocycles. The van der Waals surface area contributed by atoms with Crippen LogP contribution in [-0.2, 0) is 6.18 Å². The van der Waals surface area contributed by atoms with Gasteiger partial charge in [0, 0.05) is 6.07 Å². The second kappa shape index (κ2) is 5.41. The van der Waals surface area contributed by atoms with Crippen molar-refractivity contribution in [3.05, 3.63) is 36.5 Å². The van der Waals surface area contributed by atoms with E-state index in [4.69, 9.17) is 9.47 Å². The summed E-state index contributed by atoms with van der Waals surface area (Å²) in [5.74, 6) is -0.254. The Balaban J connectivity index is 2.20. The van der Waals surface area contributed by atoms with Crippen molar-refractivity contribution < 1.29 is 22.6 Å². The minimum Gasteiger partial charge on any atom is -0.497 e. The van der Waals surface area contributed by atoms with Gasteiger partial charge in [0.15, 0.2) is 5.65 Å². The highest BCUT2D eigenvalue weighted by molar-refractivity contribution is 5.73. The molecule has 2 heterocycles. The molecule has 23 heavy (non-hydrogen) atoms. The van der Waals surface area contributed by atoms with Gasteiger partial charge in [-0.05, 0) is 12.1 Å². The van der Waals surface area contributed by atoms with E-state index >= 15 is 0 Å². The van der Waals surface area contributed by atoms with Crippen molar-refractivity contribution in [1.29, 1.82) is 0 Å². The molecule has 0 saturated carbocycles. The monoisotopic (exact) mass is 324 g/mol. The SMILES string of the molecule is COc1ccc(-n2cnc3cnc(C(F)(F)F)nc32)c(OC)c1. The zero-order chi connectivity index (χ0) is 16.6. The van der Waals surface area contributed by atoms with Crippen LogP contribution in [0, 0.1) is 0 Å². The lowest BCUT2D eigenvalue weighted by Crippen LogP contribution is -2.11. The van der Waals surface area contributed by atoms with E-state index in [-0.39, 0.29) is 11.2 Å². The number of hydrogen-bond donors (Lipinski definition) is 0. The Morgan fingerprint density at radius 3 is 2.52 bits per heavy atom. The summed E-state index contributed by atoms with van der Waals surface area (Å²) in [5.41, 5.74) is 0.772. The van der Waals surface area contributed by atoms with E-state index in [9.17, 15) is 13.2 Å². The van der Waals surface area contributed by atoms with Gasteiger partial charge in [-0.15, -0.1) is 0 Å². The van der Waals surface area contributed by atoms with Crippen molar-refractivity contribution in [2.45, 2.75) is 6.18 Å². The molecule has 120 valence electrons. The fourth-order valence-electron chi connectivity index (χ4n) is 2.11. The minimum atomic E-state index is -4.63. The molecule has 0 saturated heterocycles. The van der Waals surface area contributed by atoms with Gasteiger partial charge < -0.3 is 9.47 Å². The highest BCUT2D eigenvalue weighted by Gasteiger charge is 2.35. The Morgan fingerprint density at radius 2 is 1.87 bits per heavy atom. The Bertz CT molecular complexity index is 861. The maximum Gasteiger partial charge on any atom is 0.451 e. The molecular weight excluding hydrogens is 313 g/mol. The zero-order valence-corrected chi connectivity index (χ0v) is 12.1. The number of nitrogens with zero attached hydrogens (tertiary/aromatic N) is 4. The number of benzene rings is 1. The maximum atomic E-state index is 12.8. The second-order valence-corrected chi connectivity index (χ2v) is 4.55. The predicted molar refractivity (Wildman–Crippen MR) is 74.8 cm³/mol. The molecule has 0 amide bonds. The van der Waals surface area contributed by atoms with Crippen molar-refractivity contribution in [3.8, 4) is 17.2 Å². The molecule has 1 aromatic carbocycles. The molecular formula is C14H11F3N4O2. The Hall–Kier alpha value is -2.84. The number of ether oxygens (including phenoxy) is 2. The van der Waals surface area contributed by atoms with Crippen LogP contribution in [-0.4, -0.2) is 33.7 Å². The standard InChI is InChI=1S/C14H11F3N4O2/c1-22-8-3-4-10(11(5-8)23-2)21-7-19-9-6-18-13(14(15,16)17)20-12(9)21/h3-7H,1-2H3. The molecule has 0 N–H and O–H groups in total. The van der Waals surface area contributed by atoms with E-state index < -0.39 is 12.0 Å². The fourth-order valence-corrected chi connectivity index (χ4v) is 2.11. The van der Waals surface area contributed by atoms with Crippen molar-refractivity contribution in [2.24, 2.45) is 0 Å². The summed E-state index contributed by atoms with van der Waals surface area (Å²) in [6.07, 6.45) is -2.23. The molecule has 0 bridgehead atoms. The van der Waals surface area contributed by atoms with Crippen molar-refractivity contribution in [1.82, 2.24) is 19.5 Å². The van der Waals surface area contributed by atoms with Crippen LogP contribution in [0.2, 0.25) is 0 Å². The van der Waals surface area contributed by atoms with Gasteiger partial charge in [0.2, 0.25) is 5.82 Å². The molecule has 3 rings (SSSR count). The molecule has 0 radical (unpaired) electrons. The van der Waals surface area contributed by atoms with Crippen LogP contribution in [0.5, 0.6) is 11.5 Å². The molecule has 3 aromatic rings. The highest BCUT2D eigenvalue weighted by atomic mass is 19.4. The van der Waals surface area contributed by atoms with Crippen LogP contribution < -0.4 is 9.47 Å². The quantitative estimate of drug-likeness (QED) is 0.741. The Morgan fingerprint density at radius 1 is 1.09 bits per heavy atom. The summed E-state index contributed by atoms with van der Waals surface area (Å²) in [6.45, 7) is 0. The number of rotatable bonds is 3. The molecule has 0 aliphatic carbocycles. The molecule has 6 nitrogen and oxygen atoms in total. The van der Waals surface area contributed by atoms with Crippen LogP contribution >= 0.6 is 0 Å². The van der Waals surface area contributed by atoms with E-state index in [1.54, 1.807) is 18.2 Å². The van der Waals surface area contributed by atoms with Gasteiger partial charge in [-0.1, -0.05) is 0 Å². The first-order chi connectivity index (χ1) is 10.9. The van der Waals surface area contributed by atoms with Gasteiger partial charge in [-0.2, -0.15) is 13.2 Å². The number of imidazole rings is 1. The first-order valence-electron chi connectivity index (χ1n) is 6.43.